The minimum atomic E-state index is -4.50. The lowest BCUT2D eigenvalue weighted by Crippen LogP contribution is -2.49. The third kappa shape index (κ3) is 7.23. The van der Waals surface area contributed by atoms with Gasteiger partial charge in [-0.25, -0.2) is 0 Å². The Balaban J connectivity index is 1.94. The predicted octanol–water partition coefficient (Wildman–Crippen LogP) is 4.67. The number of quaternary nitrogens is 1. The summed E-state index contributed by atoms with van der Waals surface area (Å²) in [5, 5.41) is 5.73. The van der Waals surface area contributed by atoms with Crippen LogP contribution in [0.15, 0.2) is 42.5 Å². The van der Waals surface area contributed by atoms with Crippen LogP contribution in [-0.4, -0.2) is 43.5 Å². The molecule has 0 heterocycles. The van der Waals surface area contributed by atoms with Gasteiger partial charge in [-0.05, 0) is 36.4 Å². The average Bonchev–Trinajstić information content (AvgIpc) is 2.56. The Kier molecular flexibility index (Phi) is 7.15. The molecule has 0 saturated carbocycles. The van der Waals surface area contributed by atoms with Crippen molar-refractivity contribution in [2.75, 3.05) is 37.8 Å². The zero-order chi connectivity index (χ0) is 21.8. The summed E-state index contributed by atoms with van der Waals surface area (Å²) in [5.74, 6) is -0.878. The minimum Gasteiger partial charge on any atom is -0.321 e. The largest absolute Gasteiger partial charge is 0.416 e. The summed E-state index contributed by atoms with van der Waals surface area (Å²) >= 11 is 11.7. The SMILES string of the molecule is C[N+](C)(CC(=O)Nc1cccc(C(F)(F)F)c1)CC(=O)Nc1ccc(Cl)c(Cl)c1. The maximum Gasteiger partial charge on any atom is 0.416 e. The predicted molar refractivity (Wildman–Crippen MR) is 107 cm³/mol. The number of benzene rings is 2. The lowest BCUT2D eigenvalue weighted by molar-refractivity contribution is -0.874. The van der Waals surface area contributed by atoms with Crippen LogP contribution < -0.4 is 10.6 Å². The van der Waals surface area contributed by atoms with E-state index >= 15 is 0 Å². The summed E-state index contributed by atoms with van der Waals surface area (Å²) in [6.07, 6.45) is -4.50. The number of nitrogens with zero attached hydrogens (tertiary/aromatic N) is 1. The quantitative estimate of drug-likeness (QED) is 0.631. The van der Waals surface area contributed by atoms with Gasteiger partial charge in [-0.1, -0.05) is 29.3 Å². The monoisotopic (exact) mass is 448 g/mol. The molecule has 5 nitrogen and oxygen atoms in total. The summed E-state index contributed by atoms with van der Waals surface area (Å²) in [7, 11) is 3.31. The van der Waals surface area contributed by atoms with Crippen LogP contribution in [0.2, 0.25) is 10.0 Å². The molecule has 0 aliphatic carbocycles. The highest BCUT2D eigenvalue weighted by Crippen LogP contribution is 2.30. The molecular weight excluding hydrogens is 430 g/mol. The molecule has 10 heteroatoms. The Morgan fingerprint density at radius 2 is 1.45 bits per heavy atom. The Bertz CT molecular complexity index is 918. The van der Waals surface area contributed by atoms with E-state index in [1.165, 1.54) is 18.2 Å². The molecule has 2 aromatic rings. The zero-order valence-corrected chi connectivity index (χ0v) is 17.1. The van der Waals surface area contributed by atoms with Crippen molar-refractivity contribution >= 4 is 46.4 Å². The number of carbonyl (C=O) groups is 2. The van der Waals surface area contributed by atoms with Gasteiger partial charge in [-0.15, -0.1) is 0 Å². The number of carbonyl (C=O) groups excluding carboxylic acids is 2. The number of amides is 2. The fourth-order valence-electron chi connectivity index (χ4n) is 2.58. The third-order valence-electron chi connectivity index (χ3n) is 3.82. The average molecular weight is 449 g/mol. The number of likely N-dealkylation sites (N-methyl/N-ethyl adjacent to an activating group) is 1. The van der Waals surface area contributed by atoms with Crippen LogP contribution in [-0.2, 0) is 15.8 Å². The maximum atomic E-state index is 12.8. The van der Waals surface area contributed by atoms with E-state index in [0.29, 0.717) is 15.7 Å². The second kappa shape index (κ2) is 9.02. The highest BCUT2D eigenvalue weighted by atomic mass is 35.5. The van der Waals surface area contributed by atoms with E-state index in [4.69, 9.17) is 23.2 Å². The van der Waals surface area contributed by atoms with E-state index in [1.807, 2.05) is 0 Å². The van der Waals surface area contributed by atoms with E-state index in [-0.39, 0.29) is 29.2 Å². The molecule has 156 valence electrons. The van der Waals surface area contributed by atoms with Crippen LogP contribution in [0.4, 0.5) is 24.5 Å². The Labute approximate surface area is 176 Å². The molecule has 0 fully saturated rings. The highest BCUT2D eigenvalue weighted by molar-refractivity contribution is 6.42. The van der Waals surface area contributed by atoms with Gasteiger partial charge in [0, 0.05) is 11.4 Å². The summed E-state index contributed by atoms with van der Waals surface area (Å²) in [4.78, 5) is 24.5. The first-order chi connectivity index (χ1) is 13.4. The molecular formula is C19H19Cl2F3N3O2+. The molecule has 0 aliphatic rings. The number of anilines is 2. The molecule has 0 atom stereocenters. The topological polar surface area (TPSA) is 58.2 Å². The third-order valence-corrected chi connectivity index (χ3v) is 4.56. The summed E-state index contributed by atoms with van der Waals surface area (Å²) < 4.78 is 38.3. The van der Waals surface area contributed by atoms with Crippen LogP contribution in [0.3, 0.4) is 0 Å². The molecule has 0 aromatic heterocycles. The van der Waals surface area contributed by atoms with Gasteiger partial charge in [0.05, 0.1) is 29.7 Å². The maximum absolute atomic E-state index is 12.8. The Morgan fingerprint density at radius 1 is 0.897 bits per heavy atom. The van der Waals surface area contributed by atoms with Crippen molar-refractivity contribution in [3.63, 3.8) is 0 Å². The van der Waals surface area contributed by atoms with Gasteiger partial charge in [0.2, 0.25) is 0 Å². The van der Waals surface area contributed by atoms with Crippen molar-refractivity contribution in [3.8, 4) is 0 Å². The van der Waals surface area contributed by atoms with Crippen LogP contribution in [0.25, 0.3) is 0 Å². The minimum absolute atomic E-state index is 0.0159. The van der Waals surface area contributed by atoms with Gasteiger partial charge in [-0.2, -0.15) is 13.2 Å². The fraction of sp³-hybridized carbons (Fsp3) is 0.263. The van der Waals surface area contributed by atoms with Gasteiger partial charge < -0.3 is 15.1 Å². The molecule has 0 saturated heterocycles. The molecule has 0 unspecified atom stereocenters. The molecule has 2 aromatic carbocycles. The van der Waals surface area contributed by atoms with Crippen LogP contribution in [0, 0.1) is 0 Å². The van der Waals surface area contributed by atoms with E-state index < -0.39 is 17.6 Å². The van der Waals surface area contributed by atoms with E-state index in [1.54, 1.807) is 26.2 Å². The van der Waals surface area contributed by atoms with Crippen LogP contribution in [0.1, 0.15) is 5.56 Å². The van der Waals surface area contributed by atoms with Crippen LogP contribution in [0.5, 0.6) is 0 Å². The standard InChI is InChI=1S/C19H18Cl2F3N3O2/c1-27(2,11-18(29)26-14-6-7-15(20)16(21)9-14)10-17(28)25-13-5-3-4-12(8-13)19(22,23)24/h3-9H,10-11H2,1-2H3,(H-,25,26,28,29)/p+1. The van der Waals surface area contributed by atoms with Crippen molar-refractivity contribution < 1.29 is 27.2 Å². The van der Waals surface area contributed by atoms with Crippen molar-refractivity contribution in [2.45, 2.75) is 6.18 Å². The molecule has 0 aliphatic heterocycles. The van der Waals surface area contributed by atoms with E-state index in [9.17, 15) is 22.8 Å². The zero-order valence-electron chi connectivity index (χ0n) is 15.6. The fourth-order valence-corrected chi connectivity index (χ4v) is 2.88. The lowest BCUT2D eigenvalue weighted by atomic mass is 10.2. The molecule has 0 spiro atoms. The summed E-state index contributed by atoms with van der Waals surface area (Å²) in [5.41, 5.74) is -0.368. The van der Waals surface area contributed by atoms with Gasteiger partial charge in [0.1, 0.15) is 0 Å². The van der Waals surface area contributed by atoms with E-state index in [2.05, 4.69) is 10.6 Å². The van der Waals surface area contributed by atoms with Gasteiger partial charge in [-0.3, -0.25) is 9.59 Å². The highest BCUT2D eigenvalue weighted by Gasteiger charge is 2.31. The Morgan fingerprint density at radius 3 is 1.97 bits per heavy atom. The van der Waals surface area contributed by atoms with Crippen LogP contribution >= 0.6 is 23.2 Å². The summed E-state index contributed by atoms with van der Waals surface area (Å²) in [6, 6.07) is 8.99. The molecule has 0 bridgehead atoms. The molecule has 2 amide bonds. The lowest BCUT2D eigenvalue weighted by Gasteiger charge is -2.28. The first-order valence-electron chi connectivity index (χ1n) is 8.40. The molecule has 0 radical (unpaired) electrons. The number of halogens is 5. The van der Waals surface area contributed by atoms with Crippen molar-refractivity contribution in [2.24, 2.45) is 0 Å². The first kappa shape index (κ1) is 23.0. The van der Waals surface area contributed by atoms with Gasteiger partial charge in [0.25, 0.3) is 11.8 Å². The number of rotatable bonds is 6. The van der Waals surface area contributed by atoms with E-state index in [0.717, 1.165) is 12.1 Å². The molecule has 2 rings (SSSR count). The molecule has 2 N–H and O–H groups in total. The number of hydrogen-bond acceptors (Lipinski definition) is 2. The smallest absolute Gasteiger partial charge is 0.321 e. The van der Waals surface area contributed by atoms with Gasteiger partial charge >= 0.3 is 6.18 Å². The Hall–Kier alpha value is -2.29. The van der Waals surface area contributed by atoms with Gasteiger partial charge in [0.15, 0.2) is 13.1 Å². The summed E-state index contributed by atoms with van der Waals surface area (Å²) in [6.45, 7) is -0.165. The number of hydrogen-bond donors (Lipinski definition) is 2. The van der Waals surface area contributed by atoms with Crippen molar-refractivity contribution in [1.82, 2.24) is 0 Å². The normalized spacial score (nSPS) is 11.8. The number of nitrogens with one attached hydrogen (secondary N) is 2. The first-order valence-corrected chi connectivity index (χ1v) is 9.15. The molecule has 29 heavy (non-hydrogen) atoms. The second-order valence-corrected chi connectivity index (χ2v) is 7.87. The van der Waals surface area contributed by atoms with Crippen molar-refractivity contribution in [3.05, 3.63) is 58.1 Å². The second-order valence-electron chi connectivity index (χ2n) is 7.06. The number of alkyl halides is 3. The van der Waals surface area contributed by atoms with Crippen molar-refractivity contribution in [1.29, 1.82) is 0 Å².